The molecule has 2 aromatic rings. The number of β-amino-alcohol motifs (C(OH)–C–C–N with tert-alkyl or cyclic N) is 1. The van der Waals surface area contributed by atoms with Crippen molar-refractivity contribution >= 4 is 5.91 Å². The number of nitrogens with zero attached hydrogens (tertiary/aromatic N) is 3. The third-order valence-corrected chi connectivity index (χ3v) is 4.66. The van der Waals surface area contributed by atoms with Crippen molar-refractivity contribution in [2.24, 2.45) is 0 Å². The Hall–Kier alpha value is -2.14. The van der Waals surface area contributed by atoms with Crippen LogP contribution in [0.2, 0.25) is 0 Å². The minimum Gasteiger partial charge on any atom is -0.383 e. The average molecular weight is 327 g/mol. The van der Waals surface area contributed by atoms with E-state index in [2.05, 4.69) is 18.9 Å². The Kier molecular flexibility index (Phi) is 4.71. The molecule has 1 amide bonds. The second-order valence-electron chi connectivity index (χ2n) is 6.87. The van der Waals surface area contributed by atoms with Gasteiger partial charge in [0.05, 0.1) is 18.7 Å². The van der Waals surface area contributed by atoms with Crippen LogP contribution in [-0.2, 0) is 16.8 Å². The average Bonchev–Trinajstić information content (AvgIpc) is 3.04. The minimum absolute atomic E-state index is 0.0260. The fraction of sp³-hybridized carbons (Fsp3) is 0.474. The van der Waals surface area contributed by atoms with E-state index in [1.807, 2.05) is 47.3 Å². The fourth-order valence-corrected chi connectivity index (χ4v) is 3.26. The van der Waals surface area contributed by atoms with Gasteiger partial charge < -0.3 is 10.0 Å². The fourth-order valence-electron chi connectivity index (χ4n) is 3.26. The largest absolute Gasteiger partial charge is 0.383 e. The summed E-state index contributed by atoms with van der Waals surface area (Å²) in [6.07, 6.45) is 3.68. The summed E-state index contributed by atoms with van der Waals surface area (Å²) >= 11 is 0. The standard InChI is InChI=1S/C19H25N3O2/c1-15(2)22-12-9-17(20-22)13-18(23)21-11-6-10-19(24,14-21)16-7-4-3-5-8-16/h3-5,7-9,12,15,24H,6,10-11,13-14H2,1-2H3. The molecule has 24 heavy (non-hydrogen) atoms. The molecule has 1 atom stereocenters. The molecule has 5 heteroatoms. The molecule has 0 saturated carbocycles. The highest BCUT2D eigenvalue weighted by atomic mass is 16.3. The van der Waals surface area contributed by atoms with Gasteiger partial charge in [-0.05, 0) is 38.3 Å². The Labute approximate surface area is 142 Å². The van der Waals surface area contributed by atoms with Gasteiger partial charge >= 0.3 is 0 Å². The Morgan fingerprint density at radius 2 is 2.04 bits per heavy atom. The van der Waals surface area contributed by atoms with Gasteiger partial charge in [-0.1, -0.05) is 30.3 Å². The van der Waals surface area contributed by atoms with Crippen LogP contribution in [0.3, 0.4) is 0 Å². The lowest BCUT2D eigenvalue weighted by Crippen LogP contribution is -2.49. The Morgan fingerprint density at radius 3 is 2.71 bits per heavy atom. The molecule has 1 N–H and O–H groups in total. The molecule has 1 aromatic heterocycles. The van der Waals surface area contributed by atoms with Crippen molar-refractivity contribution < 1.29 is 9.90 Å². The zero-order valence-corrected chi connectivity index (χ0v) is 14.4. The highest BCUT2D eigenvalue weighted by Crippen LogP contribution is 2.31. The smallest absolute Gasteiger partial charge is 0.228 e. The Morgan fingerprint density at radius 1 is 1.29 bits per heavy atom. The second-order valence-corrected chi connectivity index (χ2v) is 6.87. The number of amides is 1. The zero-order chi connectivity index (χ0) is 17.2. The molecule has 1 aliphatic heterocycles. The first-order chi connectivity index (χ1) is 11.5. The number of aromatic nitrogens is 2. The second kappa shape index (κ2) is 6.77. The normalized spacial score (nSPS) is 21.2. The van der Waals surface area contributed by atoms with Gasteiger partial charge in [0.1, 0.15) is 5.60 Å². The molecule has 0 radical (unpaired) electrons. The molecular weight excluding hydrogens is 302 g/mol. The number of piperidine rings is 1. The van der Waals surface area contributed by atoms with Gasteiger partial charge in [0.2, 0.25) is 5.91 Å². The highest BCUT2D eigenvalue weighted by molar-refractivity contribution is 5.78. The lowest BCUT2D eigenvalue weighted by molar-refractivity contribution is -0.138. The molecule has 1 fully saturated rings. The number of rotatable bonds is 4. The first-order valence-electron chi connectivity index (χ1n) is 8.58. The van der Waals surface area contributed by atoms with Crippen molar-refractivity contribution in [1.29, 1.82) is 0 Å². The Balaban J connectivity index is 1.68. The van der Waals surface area contributed by atoms with Crippen LogP contribution in [-0.4, -0.2) is 38.8 Å². The monoisotopic (exact) mass is 327 g/mol. The van der Waals surface area contributed by atoms with Crippen LogP contribution >= 0.6 is 0 Å². The van der Waals surface area contributed by atoms with Gasteiger partial charge in [-0.15, -0.1) is 0 Å². The lowest BCUT2D eigenvalue weighted by atomic mass is 9.85. The van der Waals surface area contributed by atoms with Crippen LogP contribution in [0.15, 0.2) is 42.6 Å². The topological polar surface area (TPSA) is 58.4 Å². The molecule has 0 aliphatic carbocycles. The molecule has 3 rings (SSSR count). The van der Waals surface area contributed by atoms with Crippen LogP contribution in [0.1, 0.15) is 44.0 Å². The van der Waals surface area contributed by atoms with E-state index in [-0.39, 0.29) is 18.4 Å². The van der Waals surface area contributed by atoms with E-state index in [0.29, 0.717) is 19.5 Å². The van der Waals surface area contributed by atoms with Gasteiger partial charge in [-0.25, -0.2) is 0 Å². The molecule has 1 saturated heterocycles. The van der Waals surface area contributed by atoms with E-state index in [1.165, 1.54) is 0 Å². The number of benzene rings is 1. The maximum atomic E-state index is 12.6. The number of carbonyl (C=O) groups is 1. The van der Waals surface area contributed by atoms with E-state index < -0.39 is 5.60 Å². The number of likely N-dealkylation sites (tertiary alicyclic amines) is 1. The van der Waals surface area contributed by atoms with Crippen molar-refractivity contribution in [3.05, 3.63) is 53.9 Å². The molecule has 1 unspecified atom stereocenters. The summed E-state index contributed by atoms with van der Waals surface area (Å²) in [6.45, 7) is 5.16. The maximum absolute atomic E-state index is 12.6. The van der Waals surface area contributed by atoms with Crippen LogP contribution in [0, 0.1) is 0 Å². The summed E-state index contributed by atoms with van der Waals surface area (Å²) in [5.74, 6) is 0.0260. The van der Waals surface area contributed by atoms with Crippen molar-refractivity contribution in [3.63, 3.8) is 0 Å². The van der Waals surface area contributed by atoms with E-state index >= 15 is 0 Å². The number of hydrogen-bond donors (Lipinski definition) is 1. The summed E-state index contributed by atoms with van der Waals surface area (Å²) in [7, 11) is 0. The zero-order valence-electron chi connectivity index (χ0n) is 14.4. The summed E-state index contributed by atoms with van der Waals surface area (Å²) in [5.41, 5.74) is 0.709. The minimum atomic E-state index is -0.952. The van der Waals surface area contributed by atoms with E-state index in [4.69, 9.17) is 0 Å². The van der Waals surface area contributed by atoms with Gasteiger partial charge in [-0.2, -0.15) is 5.10 Å². The van der Waals surface area contributed by atoms with Crippen LogP contribution in [0.4, 0.5) is 0 Å². The predicted molar refractivity (Wildman–Crippen MR) is 92.5 cm³/mol. The predicted octanol–water partition coefficient (Wildman–Crippen LogP) is 2.52. The molecular formula is C19H25N3O2. The number of carbonyl (C=O) groups excluding carboxylic acids is 1. The van der Waals surface area contributed by atoms with E-state index in [0.717, 1.165) is 17.7 Å². The van der Waals surface area contributed by atoms with Crippen molar-refractivity contribution in [3.8, 4) is 0 Å². The molecule has 0 spiro atoms. The van der Waals surface area contributed by atoms with Gasteiger partial charge in [0.25, 0.3) is 0 Å². The third kappa shape index (κ3) is 3.51. The molecule has 1 aliphatic rings. The summed E-state index contributed by atoms with van der Waals surface area (Å²) in [5, 5.41) is 15.4. The number of hydrogen-bond acceptors (Lipinski definition) is 3. The first kappa shape index (κ1) is 16.7. The van der Waals surface area contributed by atoms with Crippen molar-refractivity contribution in [2.75, 3.05) is 13.1 Å². The van der Waals surface area contributed by atoms with Gasteiger partial charge in [0, 0.05) is 18.8 Å². The van der Waals surface area contributed by atoms with Gasteiger partial charge in [-0.3, -0.25) is 9.48 Å². The number of aliphatic hydroxyl groups is 1. The lowest BCUT2D eigenvalue weighted by Gasteiger charge is -2.39. The van der Waals surface area contributed by atoms with E-state index in [1.54, 1.807) is 4.90 Å². The molecule has 1 aromatic carbocycles. The first-order valence-corrected chi connectivity index (χ1v) is 8.58. The molecule has 2 heterocycles. The van der Waals surface area contributed by atoms with Crippen molar-refractivity contribution in [2.45, 2.75) is 44.8 Å². The summed E-state index contributed by atoms with van der Waals surface area (Å²) in [6, 6.07) is 11.8. The SMILES string of the molecule is CC(C)n1ccc(CC(=O)N2CCCC(O)(c3ccccc3)C2)n1. The molecule has 5 nitrogen and oxygen atoms in total. The summed E-state index contributed by atoms with van der Waals surface area (Å²) < 4.78 is 1.86. The van der Waals surface area contributed by atoms with Crippen LogP contribution in [0.25, 0.3) is 0 Å². The third-order valence-electron chi connectivity index (χ3n) is 4.66. The summed E-state index contributed by atoms with van der Waals surface area (Å²) in [4.78, 5) is 14.4. The van der Waals surface area contributed by atoms with Crippen LogP contribution < -0.4 is 0 Å². The highest BCUT2D eigenvalue weighted by Gasteiger charge is 2.36. The quantitative estimate of drug-likeness (QED) is 0.939. The molecule has 128 valence electrons. The van der Waals surface area contributed by atoms with Crippen LogP contribution in [0.5, 0.6) is 0 Å². The van der Waals surface area contributed by atoms with E-state index in [9.17, 15) is 9.90 Å². The van der Waals surface area contributed by atoms with Crippen molar-refractivity contribution in [1.82, 2.24) is 14.7 Å². The van der Waals surface area contributed by atoms with Gasteiger partial charge in [0.15, 0.2) is 0 Å². The molecule has 0 bridgehead atoms. The maximum Gasteiger partial charge on any atom is 0.228 e. The Bertz CT molecular complexity index is 696.